The Balaban J connectivity index is 0.000000161. The molecular weight excluding hydrogens is 292 g/mol. The lowest BCUT2D eigenvalue weighted by Crippen LogP contribution is -1.99. The lowest BCUT2D eigenvalue weighted by atomic mass is 10.2. The number of benzene rings is 1. The molecule has 0 bridgehead atoms. The molecule has 5 nitrogen and oxygen atoms in total. The molecule has 0 saturated carbocycles. The van der Waals surface area contributed by atoms with E-state index in [-0.39, 0.29) is 11.7 Å². The third-order valence-corrected chi connectivity index (χ3v) is 3.02. The smallest absolute Gasteiger partial charge is 0.336 e. The van der Waals surface area contributed by atoms with Crippen LogP contribution in [0, 0.1) is 0 Å². The number of carbonyl (C=O) groups is 1. The van der Waals surface area contributed by atoms with Crippen molar-refractivity contribution in [3.8, 4) is 11.5 Å². The van der Waals surface area contributed by atoms with Gasteiger partial charge in [0.2, 0.25) is 0 Å². The summed E-state index contributed by atoms with van der Waals surface area (Å²) in [6.45, 7) is 1.39. The summed E-state index contributed by atoms with van der Waals surface area (Å²) in [4.78, 5) is 21.0. The van der Waals surface area contributed by atoms with Crippen LogP contribution >= 0.6 is 11.3 Å². The zero-order valence-corrected chi connectivity index (χ0v) is 11.9. The molecule has 0 radical (unpaired) electrons. The van der Waals surface area contributed by atoms with Crippen LogP contribution in [0.3, 0.4) is 0 Å². The zero-order valence-electron chi connectivity index (χ0n) is 11.1. The van der Waals surface area contributed by atoms with Crippen LogP contribution in [0.25, 0.3) is 11.0 Å². The van der Waals surface area contributed by atoms with E-state index in [1.54, 1.807) is 29.6 Å². The number of phenols is 1. The van der Waals surface area contributed by atoms with Crippen LogP contribution < -0.4 is 10.4 Å². The van der Waals surface area contributed by atoms with Crippen molar-refractivity contribution in [3.63, 3.8) is 0 Å². The monoisotopic (exact) mass is 304 g/mol. The van der Waals surface area contributed by atoms with Gasteiger partial charge in [-0.25, -0.2) is 4.79 Å². The quantitative estimate of drug-likeness (QED) is 0.552. The Hall–Kier alpha value is -2.60. The molecular formula is C15H12O5S. The number of hydrogen-bond donors (Lipinski definition) is 1. The molecule has 0 unspecified atom stereocenters. The van der Waals surface area contributed by atoms with Crippen molar-refractivity contribution in [2.45, 2.75) is 6.92 Å². The van der Waals surface area contributed by atoms with E-state index in [1.165, 1.54) is 30.4 Å². The van der Waals surface area contributed by atoms with E-state index in [2.05, 4.69) is 0 Å². The molecule has 2 aromatic heterocycles. The lowest BCUT2D eigenvalue weighted by Gasteiger charge is -1.94. The van der Waals surface area contributed by atoms with E-state index in [4.69, 9.17) is 14.3 Å². The Kier molecular flexibility index (Phi) is 4.73. The van der Waals surface area contributed by atoms with E-state index in [1.807, 2.05) is 5.38 Å². The first-order valence-electron chi connectivity index (χ1n) is 5.98. The largest absolute Gasteiger partial charge is 0.508 e. The van der Waals surface area contributed by atoms with Crippen molar-refractivity contribution in [2.75, 3.05) is 0 Å². The SMILES string of the molecule is CC(=O)Oc1ccsc1.O=c1ccc2ccc(O)cc2o1. The maximum atomic E-state index is 10.7. The molecule has 1 N–H and O–H groups in total. The van der Waals surface area contributed by atoms with Gasteiger partial charge in [0, 0.05) is 29.8 Å². The van der Waals surface area contributed by atoms with Crippen LogP contribution in [0.15, 0.2) is 56.4 Å². The van der Waals surface area contributed by atoms with Crippen LogP contribution in [0.2, 0.25) is 0 Å². The van der Waals surface area contributed by atoms with E-state index in [9.17, 15) is 9.59 Å². The summed E-state index contributed by atoms with van der Waals surface area (Å²) in [7, 11) is 0. The summed E-state index contributed by atoms with van der Waals surface area (Å²) in [5.74, 6) is 0.456. The fraction of sp³-hybridized carbons (Fsp3) is 0.0667. The second kappa shape index (κ2) is 6.71. The van der Waals surface area contributed by atoms with E-state index >= 15 is 0 Å². The highest BCUT2D eigenvalue weighted by atomic mass is 32.1. The molecule has 3 aromatic rings. The zero-order chi connectivity index (χ0) is 15.2. The minimum absolute atomic E-state index is 0.0943. The number of carbonyl (C=O) groups excluding carboxylic acids is 1. The molecule has 21 heavy (non-hydrogen) atoms. The predicted octanol–water partition coefficient (Wildman–Crippen LogP) is 3.17. The fourth-order valence-electron chi connectivity index (χ4n) is 1.53. The number of rotatable bonds is 1. The van der Waals surface area contributed by atoms with Gasteiger partial charge in [0.1, 0.15) is 17.1 Å². The van der Waals surface area contributed by atoms with Crippen molar-refractivity contribution in [1.29, 1.82) is 0 Å². The summed E-state index contributed by atoms with van der Waals surface area (Å²) in [6.07, 6.45) is 0. The maximum absolute atomic E-state index is 10.7. The second-order valence-electron chi connectivity index (χ2n) is 4.03. The van der Waals surface area contributed by atoms with Gasteiger partial charge < -0.3 is 14.3 Å². The van der Waals surface area contributed by atoms with Gasteiger partial charge in [0.05, 0.1) is 0 Å². The normalized spacial score (nSPS) is 9.76. The minimum Gasteiger partial charge on any atom is -0.508 e. The van der Waals surface area contributed by atoms with Crippen molar-refractivity contribution >= 4 is 28.3 Å². The first-order chi connectivity index (χ1) is 10.0. The van der Waals surface area contributed by atoms with Crippen molar-refractivity contribution in [2.24, 2.45) is 0 Å². The molecule has 0 fully saturated rings. The first kappa shape index (κ1) is 14.8. The van der Waals surface area contributed by atoms with Gasteiger partial charge in [-0.15, -0.1) is 11.3 Å². The van der Waals surface area contributed by atoms with Gasteiger partial charge in [-0.2, -0.15) is 0 Å². The summed E-state index contributed by atoms with van der Waals surface area (Å²) in [5.41, 5.74) is -0.00407. The molecule has 2 heterocycles. The first-order valence-corrected chi connectivity index (χ1v) is 6.92. The average Bonchev–Trinajstić information content (AvgIpc) is 2.91. The highest BCUT2D eigenvalue weighted by Crippen LogP contribution is 2.17. The Morgan fingerprint density at radius 2 is 2.00 bits per heavy atom. The van der Waals surface area contributed by atoms with Crippen LogP contribution in [0.5, 0.6) is 11.5 Å². The van der Waals surface area contributed by atoms with Crippen LogP contribution in [0.4, 0.5) is 0 Å². The molecule has 0 aliphatic heterocycles. The molecule has 0 aliphatic rings. The number of ether oxygens (including phenoxy) is 1. The van der Waals surface area contributed by atoms with E-state index in [0.29, 0.717) is 11.3 Å². The topological polar surface area (TPSA) is 76.7 Å². The van der Waals surface area contributed by atoms with E-state index in [0.717, 1.165) is 5.39 Å². The van der Waals surface area contributed by atoms with Gasteiger partial charge in [0.25, 0.3) is 0 Å². The van der Waals surface area contributed by atoms with Gasteiger partial charge in [-0.1, -0.05) is 0 Å². The third kappa shape index (κ3) is 4.47. The highest BCUT2D eigenvalue weighted by molar-refractivity contribution is 7.08. The van der Waals surface area contributed by atoms with Gasteiger partial charge in [0.15, 0.2) is 0 Å². The molecule has 6 heteroatoms. The number of phenolic OH excluding ortho intramolecular Hbond substituents is 1. The number of aromatic hydroxyl groups is 1. The molecule has 0 aliphatic carbocycles. The van der Waals surface area contributed by atoms with Crippen LogP contribution in [0.1, 0.15) is 6.92 Å². The highest BCUT2D eigenvalue weighted by Gasteiger charge is 1.96. The summed E-state index contributed by atoms with van der Waals surface area (Å²) >= 11 is 1.50. The van der Waals surface area contributed by atoms with Gasteiger partial charge in [-0.05, 0) is 29.6 Å². The molecule has 1 aromatic carbocycles. The Labute approximate surface area is 124 Å². The molecule has 0 saturated heterocycles. The number of hydrogen-bond acceptors (Lipinski definition) is 6. The number of fused-ring (bicyclic) bond motifs is 1. The molecule has 0 amide bonds. The summed E-state index contributed by atoms with van der Waals surface area (Å²) in [5, 5.41) is 13.5. The van der Waals surface area contributed by atoms with E-state index < -0.39 is 5.63 Å². The van der Waals surface area contributed by atoms with Crippen molar-refractivity contribution in [1.82, 2.24) is 0 Å². The standard InChI is InChI=1S/C9H6O3.C6H6O2S/c10-7-3-1-6-2-4-9(11)12-8(6)5-7;1-5(7)8-6-2-3-9-4-6/h1-5,10H;2-4H,1H3. The average molecular weight is 304 g/mol. The maximum Gasteiger partial charge on any atom is 0.336 e. The third-order valence-electron chi connectivity index (χ3n) is 2.36. The molecule has 0 spiro atoms. The lowest BCUT2D eigenvalue weighted by molar-refractivity contribution is -0.131. The summed E-state index contributed by atoms with van der Waals surface area (Å²) in [6, 6.07) is 9.40. The molecule has 108 valence electrons. The number of esters is 1. The molecule has 3 rings (SSSR count). The Morgan fingerprint density at radius 1 is 1.24 bits per heavy atom. The number of thiophene rings is 1. The van der Waals surface area contributed by atoms with Crippen molar-refractivity contribution < 1.29 is 19.1 Å². The fourth-order valence-corrected chi connectivity index (χ4v) is 2.08. The Bertz CT molecular complexity index is 789. The minimum atomic E-state index is -0.409. The summed E-state index contributed by atoms with van der Waals surface area (Å²) < 4.78 is 9.55. The van der Waals surface area contributed by atoms with Gasteiger partial charge in [-0.3, -0.25) is 4.79 Å². The van der Waals surface area contributed by atoms with Crippen LogP contribution in [-0.4, -0.2) is 11.1 Å². The van der Waals surface area contributed by atoms with Crippen molar-refractivity contribution in [3.05, 3.63) is 57.6 Å². The predicted molar refractivity (Wildman–Crippen MR) is 79.8 cm³/mol. The second-order valence-corrected chi connectivity index (χ2v) is 4.81. The van der Waals surface area contributed by atoms with Crippen LogP contribution in [-0.2, 0) is 4.79 Å². The molecule has 0 atom stereocenters. The Morgan fingerprint density at radius 3 is 2.67 bits per heavy atom. The van der Waals surface area contributed by atoms with Gasteiger partial charge >= 0.3 is 11.6 Å².